The molecule has 2 aliphatic rings. The Hall–Kier alpha value is -2.28. The molecule has 1 atom stereocenters. The number of halogens is 1. The van der Waals surface area contributed by atoms with Crippen LogP contribution in [0, 0.1) is 5.92 Å². The third-order valence-corrected chi connectivity index (χ3v) is 6.09. The van der Waals surface area contributed by atoms with E-state index in [2.05, 4.69) is 5.32 Å². The Morgan fingerprint density at radius 1 is 1.23 bits per heavy atom. The molecular weight excluding hydrogens is 406 g/mol. The van der Waals surface area contributed by atoms with E-state index < -0.39 is 0 Å². The van der Waals surface area contributed by atoms with Crippen molar-refractivity contribution in [2.24, 2.45) is 5.92 Å². The fourth-order valence-corrected chi connectivity index (χ4v) is 4.35. The molecule has 3 rings (SSSR count). The van der Waals surface area contributed by atoms with Crippen LogP contribution < -0.4 is 10.1 Å². The maximum atomic E-state index is 12.6. The number of likely N-dealkylation sites (tertiary alicyclic amines) is 2. The highest BCUT2D eigenvalue weighted by atomic mass is 35.5. The normalized spacial score (nSPS) is 19.1. The molecule has 30 heavy (non-hydrogen) atoms. The molecule has 1 aromatic rings. The average Bonchev–Trinajstić information content (AvgIpc) is 3.15. The number of carbonyl (C=O) groups is 3. The molecule has 164 valence electrons. The number of anilines is 1. The molecule has 1 aromatic carbocycles. The van der Waals surface area contributed by atoms with Gasteiger partial charge in [0.05, 0.1) is 12.8 Å². The number of nitrogens with one attached hydrogen (secondary N) is 1. The van der Waals surface area contributed by atoms with Gasteiger partial charge in [0.1, 0.15) is 5.75 Å². The number of amides is 3. The summed E-state index contributed by atoms with van der Waals surface area (Å²) in [5.74, 6) is 1.04. The Morgan fingerprint density at radius 2 is 2.07 bits per heavy atom. The third kappa shape index (κ3) is 6.11. The molecule has 0 unspecified atom stereocenters. The lowest BCUT2D eigenvalue weighted by Crippen LogP contribution is -2.41. The second-order valence-corrected chi connectivity index (χ2v) is 8.45. The number of methoxy groups -OCH3 is 1. The van der Waals surface area contributed by atoms with Crippen LogP contribution in [0.2, 0.25) is 5.02 Å². The molecule has 2 saturated heterocycles. The first kappa shape index (κ1) is 22.4. The van der Waals surface area contributed by atoms with E-state index in [1.165, 1.54) is 0 Å². The molecule has 8 heteroatoms. The van der Waals surface area contributed by atoms with Crippen LogP contribution in [0.4, 0.5) is 5.69 Å². The Balaban J connectivity index is 1.43. The first-order chi connectivity index (χ1) is 14.5. The Morgan fingerprint density at radius 3 is 2.80 bits per heavy atom. The third-order valence-electron chi connectivity index (χ3n) is 5.85. The zero-order valence-electron chi connectivity index (χ0n) is 17.5. The molecule has 2 aliphatic heterocycles. The predicted octanol–water partition coefficient (Wildman–Crippen LogP) is 3.32. The largest absolute Gasteiger partial charge is 0.495 e. The highest BCUT2D eigenvalue weighted by Gasteiger charge is 2.26. The highest BCUT2D eigenvalue weighted by molar-refractivity contribution is 6.31. The number of ether oxygens (including phenoxy) is 1. The lowest BCUT2D eigenvalue weighted by atomic mass is 9.93. The number of hydrogen-bond acceptors (Lipinski definition) is 4. The lowest BCUT2D eigenvalue weighted by molar-refractivity contribution is -0.134. The first-order valence-electron chi connectivity index (χ1n) is 10.6. The molecule has 3 amide bonds. The molecular formula is C22H30ClN3O4. The standard InChI is InChI=1S/C22H30ClN3O4/c1-30-19-8-7-17(23)14-18(19)24-20(27)9-6-16-4-2-12-26(15-16)22(29)10-13-25-11-3-5-21(25)28/h7-8,14,16H,2-6,9-13,15H2,1H3,(H,24,27)/t16-/m1/s1. The number of piperidine rings is 1. The number of nitrogens with zero attached hydrogens (tertiary/aromatic N) is 2. The monoisotopic (exact) mass is 435 g/mol. The van der Waals surface area contributed by atoms with Gasteiger partial charge in [-0.1, -0.05) is 11.6 Å². The van der Waals surface area contributed by atoms with Crippen LogP contribution in [0.25, 0.3) is 0 Å². The molecule has 0 saturated carbocycles. The van der Waals surface area contributed by atoms with Crippen molar-refractivity contribution in [1.29, 1.82) is 0 Å². The second kappa shape index (κ2) is 10.7. The van der Waals surface area contributed by atoms with Crippen molar-refractivity contribution in [3.63, 3.8) is 0 Å². The van der Waals surface area contributed by atoms with Gasteiger partial charge < -0.3 is 19.9 Å². The van der Waals surface area contributed by atoms with Gasteiger partial charge in [-0.25, -0.2) is 0 Å². The fraction of sp³-hybridized carbons (Fsp3) is 0.591. The van der Waals surface area contributed by atoms with E-state index in [4.69, 9.17) is 16.3 Å². The molecule has 0 spiro atoms. The van der Waals surface area contributed by atoms with Crippen LogP contribution in [-0.2, 0) is 14.4 Å². The van der Waals surface area contributed by atoms with E-state index >= 15 is 0 Å². The smallest absolute Gasteiger partial charge is 0.224 e. The minimum atomic E-state index is -0.0911. The van der Waals surface area contributed by atoms with Crippen molar-refractivity contribution in [1.82, 2.24) is 9.80 Å². The van der Waals surface area contributed by atoms with Gasteiger partial charge in [0.2, 0.25) is 17.7 Å². The van der Waals surface area contributed by atoms with E-state index in [1.54, 1.807) is 30.2 Å². The van der Waals surface area contributed by atoms with Gasteiger partial charge in [-0.2, -0.15) is 0 Å². The van der Waals surface area contributed by atoms with E-state index in [9.17, 15) is 14.4 Å². The summed E-state index contributed by atoms with van der Waals surface area (Å²) in [7, 11) is 1.55. The zero-order valence-corrected chi connectivity index (χ0v) is 18.2. The molecule has 0 radical (unpaired) electrons. The summed E-state index contributed by atoms with van der Waals surface area (Å²) >= 11 is 6.01. The summed E-state index contributed by atoms with van der Waals surface area (Å²) in [5.41, 5.74) is 0.562. The molecule has 2 fully saturated rings. The van der Waals surface area contributed by atoms with E-state index in [1.807, 2.05) is 4.90 Å². The average molecular weight is 436 g/mol. The van der Waals surface area contributed by atoms with Gasteiger partial charge in [0.25, 0.3) is 0 Å². The minimum absolute atomic E-state index is 0.0911. The second-order valence-electron chi connectivity index (χ2n) is 8.01. The van der Waals surface area contributed by atoms with Gasteiger partial charge in [0, 0.05) is 50.5 Å². The van der Waals surface area contributed by atoms with Crippen molar-refractivity contribution >= 4 is 35.0 Å². The molecule has 2 heterocycles. The van der Waals surface area contributed by atoms with Crippen LogP contribution in [0.1, 0.15) is 44.9 Å². The maximum absolute atomic E-state index is 12.6. The highest BCUT2D eigenvalue weighted by Crippen LogP contribution is 2.28. The van der Waals surface area contributed by atoms with Gasteiger partial charge in [-0.3, -0.25) is 14.4 Å². The minimum Gasteiger partial charge on any atom is -0.495 e. The van der Waals surface area contributed by atoms with Crippen molar-refractivity contribution in [2.45, 2.75) is 44.9 Å². The van der Waals surface area contributed by atoms with E-state index in [-0.39, 0.29) is 17.7 Å². The number of rotatable bonds is 8. The Bertz CT molecular complexity index is 786. The Labute approximate surface area is 182 Å². The van der Waals surface area contributed by atoms with Crippen LogP contribution >= 0.6 is 11.6 Å². The Kier molecular flexibility index (Phi) is 7.96. The van der Waals surface area contributed by atoms with Crippen LogP contribution in [-0.4, -0.2) is 60.8 Å². The van der Waals surface area contributed by atoms with Gasteiger partial charge in [0.15, 0.2) is 0 Å². The van der Waals surface area contributed by atoms with Gasteiger partial charge >= 0.3 is 0 Å². The summed E-state index contributed by atoms with van der Waals surface area (Å²) in [6.07, 6.45) is 4.94. The van der Waals surface area contributed by atoms with Crippen LogP contribution in [0.15, 0.2) is 18.2 Å². The van der Waals surface area contributed by atoms with E-state index in [0.717, 1.165) is 38.8 Å². The van der Waals surface area contributed by atoms with Crippen molar-refractivity contribution < 1.29 is 19.1 Å². The molecule has 0 bridgehead atoms. The van der Waals surface area contributed by atoms with Crippen molar-refractivity contribution in [2.75, 3.05) is 38.6 Å². The summed E-state index contributed by atoms with van der Waals surface area (Å²) < 4.78 is 5.26. The fourth-order valence-electron chi connectivity index (χ4n) is 4.18. The lowest BCUT2D eigenvalue weighted by Gasteiger charge is -2.33. The number of benzene rings is 1. The van der Waals surface area contributed by atoms with Gasteiger partial charge in [-0.05, 0) is 49.8 Å². The van der Waals surface area contributed by atoms with E-state index in [0.29, 0.717) is 54.7 Å². The SMILES string of the molecule is COc1ccc(Cl)cc1NC(=O)CC[C@H]1CCCN(C(=O)CCN2CCCC2=O)C1. The summed E-state index contributed by atoms with van der Waals surface area (Å²) in [4.78, 5) is 40.4. The topological polar surface area (TPSA) is 79.0 Å². The summed E-state index contributed by atoms with van der Waals surface area (Å²) in [5, 5.41) is 3.40. The van der Waals surface area contributed by atoms with Crippen molar-refractivity contribution in [3.05, 3.63) is 23.2 Å². The predicted molar refractivity (Wildman–Crippen MR) is 116 cm³/mol. The summed E-state index contributed by atoms with van der Waals surface area (Å²) in [6, 6.07) is 5.10. The molecule has 7 nitrogen and oxygen atoms in total. The maximum Gasteiger partial charge on any atom is 0.224 e. The number of hydrogen-bond donors (Lipinski definition) is 1. The van der Waals surface area contributed by atoms with Crippen LogP contribution in [0.3, 0.4) is 0 Å². The summed E-state index contributed by atoms with van der Waals surface area (Å²) in [6.45, 7) is 2.72. The number of carbonyl (C=O) groups excluding carboxylic acids is 3. The van der Waals surface area contributed by atoms with Crippen molar-refractivity contribution in [3.8, 4) is 5.75 Å². The zero-order chi connectivity index (χ0) is 21.5. The molecule has 0 aromatic heterocycles. The molecule has 0 aliphatic carbocycles. The first-order valence-corrected chi connectivity index (χ1v) is 11.0. The quantitative estimate of drug-likeness (QED) is 0.679. The van der Waals surface area contributed by atoms with Gasteiger partial charge in [-0.15, -0.1) is 0 Å². The van der Waals surface area contributed by atoms with Crippen LogP contribution in [0.5, 0.6) is 5.75 Å². The molecule has 1 N–H and O–H groups in total.